The number of hydrogen-bond acceptors (Lipinski definition) is 5. The summed E-state index contributed by atoms with van der Waals surface area (Å²) in [4.78, 5) is 27.5. The molecule has 1 saturated heterocycles. The van der Waals surface area contributed by atoms with Gasteiger partial charge in [0.1, 0.15) is 6.04 Å². The van der Waals surface area contributed by atoms with Crippen molar-refractivity contribution in [3.63, 3.8) is 0 Å². The van der Waals surface area contributed by atoms with Crippen LogP contribution in [0, 0.1) is 6.92 Å². The molecule has 7 heteroatoms. The number of piperazine rings is 1. The van der Waals surface area contributed by atoms with Crippen molar-refractivity contribution in [1.29, 1.82) is 0 Å². The van der Waals surface area contributed by atoms with E-state index in [9.17, 15) is 9.59 Å². The van der Waals surface area contributed by atoms with Crippen molar-refractivity contribution in [2.24, 2.45) is 0 Å². The Bertz CT molecular complexity index is 605. The molecule has 150 valence electrons. The lowest BCUT2D eigenvalue weighted by Crippen LogP contribution is -2.48. The molecule has 2 amide bonds. The zero-order chi connectivity index (χ0) is 19.5. The summed E-state index contributed by atoms with van der Waals surface area (Å²) in [6.07, 6.45) is 3.56. The molecule has 0 bridgehead atoms. The second kappa shape index (κ2) is 12.0. The fourth-order valence-electron chi connectivity index (χ4n) is 3.10. The molecular formula is C20H32N4O2S. The van der Waals surface area contributed by atoms with E-state index >= 15 is 0 Å². The molecule has 1 aromatic carbocycles. The van der Waals surface area contributed by atoms with Crippen LogP contribution < -0.4 is 16.0 Å². The molecule has 6 nitrogen and oxygen atoms in total. The van der Waals surface area contributed by atoms with Gasteiger partial charge in [-0.1, -0.05) is 17.7 Å². The van der Waals surface area contributed by atoms with E-state index < -0.39 is 6.04 Å². The highest BCUT2D eigenvalue weighted by Crippen LogP contribution is 2.07. The molecule has 1 aliphatic rings. The van der Waals surface area contributed by atoms with Crippen LogP contribution in [0.5, 0.6) is 0 Å². The normalized spacial score (nSPS) is 15.9. The molecule has 0 aromatic heterocycles. The molecule has 0 saturated carbocycles. The van der Waals surface area contributed by atoms with E-state index in [1.54, 1.807) is 17.8 Å². The van der Waals surface area contributed by atoms with Crippen LogP contribution in [0.3, 0.4) is 0 Å². The number of amides is 2. The Morgan fingerprint density at radius 2 is 2.07 bits per heavy atom. The minimum Gasteiger partial charge on any atom is -0.354 e. The summed E-state index contributed by atoms with van der Waals surface area (Å²) in [5.41, 5.74) is 1.62. The molecule has 1 heterocycles. The van der Waals surface area contributed by atoms with Gasteiger partial charge in [-0.05, 0) is 50.5 Å². The Hall–Kier alpha value is -1.57. The summed E-state index contributed by atoms with van der Waals surface area (Å²) in [6.45, 7) is 7.79. The Morgan fingerprint density at radius 3 is 2.78 bits per heavy atom. The van der Waals surface area contributed by atoms with Gasteiger partial charge in [-0.25, -0.2) is 0 Å². The number of nitrogens with zero attached hydrogens (tertiary/aromatic N) is 1. The second-order valence-electron chi connectivity index (χ2n) is 6.91. The van der Waals surface area contributed by atoms with Crippen molar-refractivity contribution in [3.05, 3.63) is 35.4 Å². The molecule has 1 aromatic rings. The molecule has 27 heavy (non-hydrogen) atoms. The van der Waals surface area contributed by atoms with Crippen molar-refractivity contribution in [3.8, 4) is 0 Å². The number of aryl methyl sites for hydroxylation is 1. The third kappa shape index (κ3) is 7.91. The van der Waals surface area contributed by atoms with Gasteiger partial charge in [0.15, 0.2) is 0 Å². The van der Waals surface area contributed by atoms with Crippen molar-refractivity contribution < 1.29 is 9.59 Å². The van der Waals surface area contributed by atoms with Gasteiger partial charge in [-0.2, -0.15) is 11.8 Å². The van der Waals surface area contributed by atoms with Crippen molar-refractivity contribution >= 4 is 23.6 Å². The van der Waals surface area contributed by atoms with Gasteiger partial charge in [-0.3, -0.25) is 9.59 Å². The molecule has 0 spiro atoms. The number of thioether (sulfide) groups is 1. The molecule has 3 N–H and O–H groups in total. The molecule has 0 radical (unpaired) electrons. The lowest BCUT2D eigenvalue weighted by atomic mass is 10.1. The molecule has 1 unspecified atom stereocenters. The Kier molecular flexibility index (Phi) is 9.66. The van der Waals surface area contributed by atoms with Crippen LogP contribution in [-0.2, 0) is 4.79 Å². The molecule has 0 aliphatic carbocycles. The third-order valence-electron chi connectivity index (χ3n) is 4.67. The largest absolute Gasteiger partial charge is 0.354 e. The number of benzene rings is 1. The van der Waals surface area contributed by atoms with Gasteiger partial charge in [0, 0.05) is 38.3 Å². The monoisotopic (exact) mass is 392 g/mol. The highest BCUT2D eigenvalue weighted by molar-refractivity contribution is 7.98. The summed E-state index contributed by atoms with van der Waals surface area (Å²) in [5.74, 6) is 0.540. The predicted octanol–water partition coefficient (Wildman–Crippen LogP) is 1.26. The van der Waals surface area contributed by atoms with Crippen molar-refractivity contribution in [2.45, 2.75) is 25.8 Å². The topological polar surface area (TPSA) is 73.5 Å². The van der Waals surface area contributed by atoms with Crippen molar-refractivity contribution in [1.82, 2.24) is 20.9 Å². The van der Waals surface area contributed by atoms with E-state index in [0.717, 1.165) is 50.5 Å². The number of hydrogen-bond donors (Lipinski definition) is 3. The van der Waals surface area contributed by atoms with Gasteiger partial charge < -0.3 is 20.9 Å². The molecule has 2 rings (SSSR count). The highest BCUT2D eigenvalue weighted by atomic mass is 32.2. The van der Waals surface area contributed by atoms with Crippen LogP contribution in [0.25, 0.3) is 0 Å². The van der Waals surface area contributed by atoms with Crippen molar-refractivity contribution in [2.75, 3.05) is 51.3 Å². The van der Waals surface area contributed by atoms with Gasteiger partial charge in [-0.15, -0.1) is 0 Å². The molecule has 1 fully saturated rings. The Morgan fingerprint density at radius 1 is 1.30 bits per heavy atom. The molecule has 1 aliphatic heterocycles. The van der Waals surface area contributed by atoms with Gasteiger partial charge in [0.2, 0.25) is 5.91 Å². The van der Waals surface area contributed by atoms with Gasteiger partial charge in [0.05, 0.1) is 0 Å². The predicted molar refractivity (Wildman–Crippen MR) is 112 cm³/mol. The van der Waals surface area contributed by atoms with E-state index in [1.807, 2.05) is 31.4 Å². The van der Waals surface area contributed by atoms with Gasteiger partial charge >= 0.3 is 0 Å². The maximum absolute atomic E-state index is 12.6. The minimum absolute atomic E-state index is 0.0923. The van der Waals surface area contributed by atoms with Crippen LogP contribution in [0.15, 0.2) is 24.3 Å². The van der Waals surface area contributed by atoms with Crippen LogP contribution in [0.4, 0.5) is 0 Å². The first-order valence-electron chi connectivity index (χ1n) is 9.67. The lowest BCUT2D eigenvalue weighted by Gasteiger charge is -2.27. The van der Waals surface area contributed by atoms with Crippen LogP contribution in [-0.4, -0.2) is 74.0 Å². The average molecular weight is 393 g/mol. The smallest absolute Gasteiger partial charge is 0.251 e. The highest BCUT2D eigenvalue weighted by Gasteiger charge is 2.21. The van der Waals surface area contributed by atoms with Crippen LogP contribution in [0.1, 0.15) is 28.8 Å². The fraction of sp³-hybridized carbons (Fsp3) is 0.600. The SMILES string of the molecule is CSCCC(NC(=O)c1cccc(C)c1)C(=O)NCCCN1CCNCC1. The zero-order valence-corrected chi connectivity index (χ0v) is 17.2. The summed E-state index contributed by atoms with van der Waals surface area (Å²) in [5, 5.41) is 9.24. The molecular weight excluding hydrogens is 360 g/mol. The lowest BCUT2D eigenvalue weighted by molar-refractivity contribution is -0.123. The Balaban J connectivity index is 1.80. The van der Waals surface area contributed by atoms with E-state index in [1.165, 1.54) is 0 Å². The summed E-state index contributed by atoms with van der Waals surface area (Å²) >= 11 is 1.68. The summed E-state index contributed by atoms with van der Waals surface area (Å²) < 4.78 is 0. The van der Waals surface area contributed by atoms with Gasteiger partial charge in [0.25, 0.3) is 5.91 Å². The number of carbonyl (C=O) groups excluding carboxylic acids is 2. The van der Waals surface area contributed by atoms with Crippen LogP contribution in [0.2, 0.25) is 0 Å². The number of rotatable bonds is 10. The first-order valence-corrected chi connectivity index (χ1v) is 11.1. The maximum Gasteiger partial charge on any atom is 0.251 e. The number of nitrogens with one attached hydrogen (secondary N) is 3. The number of carbonyl (C=O) groups is 2. The maximum atomic E-state index is 12.6. The van der Waals surface area contributed by atoms with Crippen LogP contribution >= 0.6 is 11.8 Å². The zero-order valence-electron chi connectivity index (χ0n) is 16.4. The second-order valence-corrected chi connectivity index (χ2v) is 7.90. The minimum atomic E-state index is -0.496. The first kappa shape index (κ1) is 21.7. The van der Waals surface area contributed by atoms with E-state index in [2.05, 4.69) is 20.9 Å². The van der Waals surface area contributed by atoms with E-state index in [0.29, 0.717) is 18.5 Å². The fourth-order valence-corrected chi connectivity index (χ4v) is 3.58. The summed E-state index contributed by atoms with van der Waals surface area (Å²) in [6, 6.07) is 6.93. The first-order chi connectivity index (χ1) is 13.1. The third-order valence-corrected chi connectivity index (χ3v) is 5.32. The summed E-state index contributed by atoms with van der Waals surface area (Å²) in [7, 11) is 0. The standard InChI is InChI=1S/C20H32N4O2S/c1-16-5-3-6-17(15-16)19(25)23-18(7-14-27-2)20(26)22-8-4-11-24-12-9-21-10-13-24/h3,5-6,15,18,21H,4,7-14H2,1-2H3,(H,22,26)(H,23,25). The van der Waals surface area contributed by atoms with E-state index in [-0.39, 0.29) is 11.8 Å². The molecule has 1 atom stereocenters. The Labute approximate surface area is 166 Å². The average Bonchev–Trinajstić information content (AvgIpc) is 2.69. The quantitative estimate of drug-likeness (QED) is 0.523. The van der Waals surface area contributed by atoms with E-state index in [4.69, 9.17) is 0 Å².